The molecule has 1 amide bonds. The number of rotatable bonds is 6. The average Bonchev–Trinajstić information content (AvgIpc) is 2.91. The van der Waals surface area contributed by atoms with Crippen molar-refractivity contribution in [2.45, 2.75) is 4.90 Å². The third kappa shape index (κ3) is 4.02. The predicted octanol–water partition coefficient (Wildman–Crippen LogP) is 1.26. The minimum atomic E-state index is -3.59. The maximum Gasteiger partial charge on any atom is 0.263 e. The molecule has 0 saturated carbocycles. The van der Waals surface area contributed by atoms with Crippen LogP contribution in [0.2, 0.25) is 0 Å². The summed E-state index contributed by atoms with van der Waals surface area (Å²) in [5.41, 5.74) is 0.482. The van der Waals surface area contributed by atoms with Gasteiger partial charge in [0.1, 0.15) is 24.7 Å². The van der Waals surface area contributed by atoms with Crippen LogP contribution in [0.25, 0.3) is 0 Å². The van der Waals surface area contributed by atoms with Crippen molar-refractivity contribution in [1.82, 2.24) is 9.62 Å². The maximum atomic E-state index is 12.2. The van der Waals surface area contributed by atoms with Gasteiger partial charge in [-0.05, 0) is 24.3 Å². The van der Waals surface area contributed by atoms with Crippen LogP contribution in [0.1, 0.15) is 5.56 Å². The van der Waals surface area contributed by atoms with Gasteiger partial charge in [0.2, 0.25) is 5.91 Å². The van der Waals surface area contributed by atoms with E-state index in [1.54, 1.807) is 25.2 Å². The average molecular weight is 373 g/mol. The van der Waals surface area contributed by atoms with Crippen molar-refractivity contribution in [3.8, 4) is 5.75 Å². The highest BCUT2D eigenvalue weighted by atomic mass is 32.2. The quantitative estimate of drug-likeness (QED) is 0.826. The number of carbonyl (C=O) groups is 1. The predicted molar refractivity (Wildman–Crippen MR) is 97.7 cm³/mol. The van der Waals surface area contributed by atoms with Gasteiger partial charge in [-0.3, -0.25) is 14.5 Å². The molecule has 1 heterocycles. The van der Waals surface area contributed by atoms with Crippen LogP contribution < -0.4 is 9.46 Å². The zero-order valence-corrected chi connectivity index (χ0v) is 15.1. The summed E-state index contributed by atoms with van der Waals surface area (Å²) >= 11 is 0. The lowest BCUT2D eigenvalue weighted by Gasteiger charge is -2.16. The molecule has 0 aliphatic carbocycles. The lowest BCUT2D eigenvalue weighted by atomic mass is 10.2. The number of amidine groups is 1. The fraction of sp³-hybridized carbons (Fsp3) is 0.222. The summed E-state index contributed by atoms with van der Waals surface area (Å²) in [7, 11) is -1.94. The molecule has 1 N–H and O–H groups in total. The van der Waals surface area contributed by atoms with Crippen molar-refractivity contribution in [2.75, 3.05) is 26.7 Å². The van der Waals surface area contributed by atoms with E-state index >= 15 is 0 Å². The van der Waals surface area contributed by atoms with Crippen LogP contribution in [0.4, 0.5) is 0 Å². The number of sulfonamides is 1. The Kier molecular flexibility index (Phi) is 5.22. The van der Waals surface area contributed by atoms with Gasteiger partial charge in [-0.1, -0.05) is 30.3 Å². The molecule has 0 spiro atoms. The van der Waals surface area contributed by atoms with E-state index in [1.165, 1.54) is 11.0 Å². The Morgan fingerprint density at radius 2 is 1.81 bits per heavy atom. The van der Waals surface area contributed by atoms with Gasteiger partial charge >= 0.3 is 0 Å². The van der Waals surface area contributed by atoms with E-state index < -0.39 is 10.0 Å². The van der Waals surface area contributed by atoms with E-state index in [-0.39, 0.29) is 23.2 Å². The van der Waals surface area contributed by atoms with Gasteiger partial charge in [0, 0.05) is 12.6 Å². The first-order valence-electron chi connectivity index (χ1n) is 8.06. The summed E-state index contributed by atoms with van der Waals surface area (Å²) in [5.74, 6) is 0.714. The van der Waals surface area contributed by atoms with Gasteiger partial charge < -0.3 is 9.64 Å². The molecular formula is C18H19N3O4S. The van der Waals surface area contributed by atoms with Crippen LogP contribution in [0.5, 0.6) is 5.75 Å². The number of amides is 1. The molecule has 136 valence electrons. The molecule has 3 rings (SSSR count). The van der Waals surface area contributed by atoms with Crippen molar-refractivity contribution < 1.29 is 17.9 Å². The van der Waals surface area contributed by atoms with Crippen LogP contribution in [-0.2, 0) is 14.8 Å². The molecule has 7 nitrogen and oxygen atoms in total. The number of hydrogen-bond acceptors (Lipinski definition) is 5. The Morgan fingerprint density at radius 3 is 2.58 bits per heavy atom. The summed E-state index contributed by atoms with van der Waals surface area (Å²) in [6, 6.07) is 15.9. The number of benzene rings is 2. The highest BCUT2D eigenvalue weighted by molar-refractivity contribution is 7.90. The number of ether oxygens (including phenoxy) is 1. The second-order valence-electron chi connectivity index (χ2n) is 5.74. The zero-order valence-electron chi connectivity index (χ0n) is 14.3. The topological polar surface area (TPSA) is 88.1 Å². The van der Waals surface area contributed by atoms with Crippen molar-refractivity contribution >= 4 is 21.8 Å². The van der Waals surface area contributed by atoms with E-state index in [4.69, 9.17) is 4.74 Å². The third-order valence-electron chi connectivity index (χ3n) is 3.90. The molecule has 0 atom stereocenters. The highest BCUT2D eigenvalue weighted by Crippen LogP contribution is 2.22. The van der Waals surface area contributed by atoms with Crippen molar-refractivity contribution in [2.24, 2.45) is 4.99 Å². The summed E-state index contributed by atoms with van der Waals surface area (Å²) in [4.78, 5) is 18.0. The molecule has 8 heteroatoms. The molecule has 1 aliphatic rings. The zero-order chi connectivity index (χ0) is 18.6. The van der Waals surface area contributed by atoms with Crippen molar-refractivity contribution in [3.63, 3.8) is 0 Å². The lowest BCUT2D eigenvalue weighted by Crippen LogP contribution is -2.33. The number of aliphatic imine (C=N–C) groups is 1. The Bertz CT molecular complexity index is 926. The first-order chi connectivity index (χ1) is 12.5. The Balaban J connectivity index is 1.56. The van der Waals surface area contributed by atoms with E-state index in [2.05, 4.69) is 9.71 Å². The van der Waals surface area contributed by atoms with E-state index in [0.717, 1.165) is 5.75 Å². The van der Waals surface area contributed by atoms with Gasteiger partial charge in [0.15, 0.2) is 0 Å². The standard InChI is InChI=1S/C18H19N3O4S/c1-21(11-12-25-14-7-3-2-4-8-14)17(22)13-19-18-15-9-5-6-10-16(15)26(23,24)20-18/h2-10H,11-13H2,1H3,(H,19,20). The summed E-state index contributed by atoms with van der Waals surface area (Å²) in [6.07, 6.45) is 0. The number of fused-ring (bicyclic) bond motifs is 1. The summed E-state index contributed by atoms with van der Waals surface area (Å²) in [5, 5.41) is 0. The Hall–Kier alpha value is -2.87. The van der Waals surface area contributed by atoms with Crippen LogP contribution in [0.3, 0.4) is 0 Å². The molecule has 0 fully saturated rings. The smallest absolute Gasteiger partial charge is 0.263 e. The van der Waals surface area contributed by atoms with Crippen molar-refractivity contribution in [3.05, 3.63) is 60.2 Å². The first kappa shape index (κ1) is 17.9. The largest absolute Gasteiger partial charge is 0.492 e. The van der Waals surface area contributed by atoms with E-state index in [9.17, 15) is 13.2 Å². The molecule has 1 aliphatic heterocycles. The molecule has 2 aromatic rings. The molecule has 26 heavy (non-hydrogen) atoms. The molecule has 0 aromatic heterocycles. The van der Waals surface area contributed by atoms with Gasteiger partial charge in [-0.2, -0.15) is 0 Å². The molecule has 0 bridgehead atoms. The van der Waals surface area contributed by atoms with Crippen molar-refractivity contribution in [1.29, 1.82) is 0 Å². The van der Waals surface area contributed by atoms with Crippen LogP contribution in [0.15, 0.2) is 64.5 Å². The molecule has 0 saturated heterocycles. The number of nitrogens with one attached hydrogen (secondary N) is 1. The molecule has 0 unspecified atom stereocenters. The van der Waals surface area contributed by atoms with Crippen LogP contribution in [0, 0.1) is 0 Å². The minimum absolute atomic E-state index is 0.145. The fourth-order valence-electron chi connectivity index (χ4n) is 2.46. The van der Waals surface area contributed by atoms with E-state index in [1.807, 2.05) is 30.3 Å². The third-order valence-corrected chi connectivity index (χ3v) is 5.30. The Labute approximate surface area is 152 Å². The van der Waals surface area contributed by atoms with Gasteiger partial charge in [0.05, 0.1) is 11.4 Å². The number of likely N-dealkylation sites (N-methyl/N-ethyl adjacent to an activating group) is 1. The SMILES string of the molecule is CN(CCOc1ccccc1)C(=O)CN=C1NS(=O)(=O)c2ccccc21. The number of carbonyl (C=O) groups excluding carboxylic acids is 1. The molecule has 2 aromatic carbocycles. The second-order valence-corrected chi connectivity index (χ2v) is 7.39. The summed E-state index contributed by atoms with van der Waals surface area (Å²) < 4.78 is 32.0. The van der Waals surface area contributed by atoms with Crippen LogP contribution in [-0.4, -0.2) is 51.8 Å². The fourth-order valence-corrected chi connectivity index (χ4v) is 3.71. The molecule has 0 radical (unpaired) electrons. The number of nitrogens with zero attached hydrogens (tertiary/aromatic N) is 2. The second kappa shape index (κ2) is 7.57. The number of para-hydroxylation sites is 1. The van der Waals surface area contributed by atoms with Gasteiger partial charge in [-0.15, -0.1) is 0 Å². The maximum absolute atomic E-state index is 12.2. The normalized spacial score (nSPS) is 16.0. The molecular weight excluding hydrogens is 354 g/mol. The van der Waals surface area contributed by atoms with Gasteiger partial charge in [0.25, 0.3) is 10.0 Å². The van der Waals surface area contributed by atoms with Gasteiger partial charge in [-0.25, -0.2) is 8.42 Å². The Morgan fingerprint density at radius 1 is 1.12 bits per heavy atom. The minimum Gasteiger partial charge on any atom is -0.492 e. The lowest BCUT2D eigenvalue weighted by molar-refractivity contribution is -0.128. The number of hydrogen-bond donors (Lipinski definition) is 1. The van der Waals surface area contributed by atoms with E-state index in [0.29, 0.717) is 18.7 Å². The highest BCUT2D eigenvalue weighted by Gasteiger charge is 2.30. The summed E-state index contributed by atoms with van der Waals surface area (Å²) in [6.45, 7) is 0.618. The first-order valence-corrected chi connectivity index (χ1v) is 9.54. The monoisotopic (exact) mass is 373 g/mol. The van der Waals surface area contributed by atoms with Crippen LogP contribution >= 0.6 is 0 Å².